The van der Waals surface area contributed by atoms with Gasteiger partial charge < -0.3 is 14.8 Å². The molecule has 0 radical (unpaired) electrons. The molecule has 0 aromatic heterocycles. The number of carbonyl (C=O) groups excluding carboxylic acids is 2. The monoisotopic (exact) mass is 297 g/mol. The number of amidine groups is 1. The lowest BCUT2D eigenvalue weighted by Gasteiger charge is -2.29. The highest BCUT2D eigenvalue weighted by atomic mass is 16.5. The molecule has 1 saturated carbocycles. The number of hydrogen-bond donors (Lipinski definition) is 2. The van der Waals surface area contributed by atoms with E-state index in [4.69, 9.17) is 15.3 Å². The molecular formula is C12H19N5O4. The van der Waals surface area contributed by atoms with Crippen molar-refractivity contribution in [3.05, 3.63) is 0 Å². The molecule has 9 heteroatoms. The van der Waals surface area contributed by atoms with E-state index in [-0.39, 0.29) is 36.8 Å². The highest BCUT2D eigenvalue weighted by Gasteiger charge is 2.34. The van der Waals surface area contributed by atoms with Crippen LogP contribution in [0.4, 0.5) is 0 Å². The van der Waals surface area contributed by atoms with Crippen LogP contribution in [0.1, 0.15) is 12.8 Å². The number of ether oxygens (including phenoxy) is 2. The number of nitrogens with two attached hydrogens (primary N) is 1. The van der Waals surface area contributed by atoms with Crippen molar-refractivity contribution in [3.8, 4) is 0 Å². The predicted octanol–water partition coefficient (Wildman–Crippen LogP) is -1.56. The van der Waals surface area contributed by atoms with Crippen LogP contribution in [0, 0.1) is 0 Å². The highest BCUT2D eigenvalue weighted by Crippen LogP contribution is 2.20. The Morgan fingerprint density at radius 2 is 2.00 bits per heavy atom. The van der Waals surface area contributed by atoms with Crippen molar-refractivity contribution in [2.24, 2.45) is 15.8 Å². The van der Waals surface area contributed by atoms with Crippen LogP contribution in [0.25, 0.3) is 0 Å². The summed E-state index contributed by atoms with van der Waals surface area (Å²) in [4.78, 5) is 32.0. The van der Waals surface area contributed by atoms with E-state index in [1.165, 1.54) is 14.2 Å². The first kappa shape index (κ1) is 15.5. The van der Waals surface area contributed by atoms with Gasteiger partial charge in [0.15, 0.2) is 5.84 Å². The summed E-state index contributed by atoms with van der Waals surface area (Å²) in [6, 6.07) is 0.268. The van der Waals surface area contributed by atoms with Gasteiger partial charge in [-0.1, -0.05) is 0 Å². The highest BCUT2D eigenvalue weighted by molar-refractivity contribution is 6.41. The fourth-order valence-corrected chi connectivity index (χ4v) is 1.77. The summed E-state index contributed by atoms with van der Waals surface area (Å²) in [6.07, 6.45) is 0.976. The second-order valence-corrected chi connectivity index (χ2v) is 4.84. The van der Waals surface area contributed by atoms with Crippen LogP contribution in [0.3, 0.4) is 0 Å². The minimum Gasteiger partial charge on any atom is -0.377 e. The Morgan fingerprint density at radius 1 is 1.33 bits per heavy atom. The Kier molecular flexibility index (Phi) is 4.99. The maximum Gasteiger partial charge on any atom is 0.225 e. The summed E-state index contributed by atoms with van der Waals surface area (Å²) >= 11 is 0. The summed E-state index contributed by atoms with van der Waals surface area (Å²) in [5.74, 6) is 5.31. The van der Waals surface area contributed by atoms with E-state index in [0.29, 0.717) is 0 Å². The standard InChI is InChI=1S/C12H19N5O4/c1-20-5-8(18)10-15-11(9(19)6-21-2)17(13)12(16-10)14-7-3-4-7/h7,11H,3-6,13H2,1-2H3,(H,14,15,16). The van der Waals surface area contributed by atoms with Crippen molar-refractivity contribution < 1.29 is 19.1 Å². The van der Waals surface area contributed by atoms with Crippen LogP contribution in [-0.4, -0.2) is 68.0 Å². The Labute approximate surface area is 122 Å². The minimum absolute atomic E-state index is 0.0730. The Hall–Kier alpha value is -1.84. The fraction of sp³-hybridized carbons (Fsp3) is 0.667. The molecule has 0 amide bonds. The largest absolute Gasteiger partial charge is 0.377 e. The van der Waals surface area contributed by atoms with E-state index in [1.54, 1.807) is 0 Å². The Bertz CT molecular complexity index is 486. The first-order chi connectivity index (χ1) is 10.1. The summed E-state index contributed by atoms with van der Waals surface area (Å²) in [7, 11) is 2.80. The first-order valence-electron chi connectivity index (χ1n) is 6.57. The topological polar surface area (TPSA) is 119 Å². The lowest BCUT2D eigenvalue weighted by molar-refractivity contribution is -0.126. The second kappa shape index (κ2) is 6.74. The molecule has 1 fully saturated rings. The zero-order valence-electron chi connectivity index (χ0n) is 12.0. The van der Waals surface area contributed by atoms with E-state index in [9.17, 15) is 9.59 Å². The van der Waals surface area contributed by atoms with Gasteiger partial charge in [0.05, 0.1) is 0 Å². The van der Waals surface area contributed by atoms with Gasteiger partial charge >= 0.3 is 0 Å². The van der Waals surface area contributed by atoms with E-state index < -0.39 is 11.9 Å². The minimum atomic E-state index is -1.03. The van der Waals surface area contributed by atoms with Crippen LogP contribution in [0.5, 0.6) is 0 Å². The average Bonchev–Trinajstić information content (AvgIpc) is 3.25. The number of hydrazine groups is 1. The molecule has 3 N–H and O–H groups in total. The smallest absolute Gasteiger partial charge is 0.225 e. The summed E-state index contributed by atoms with van der Waals surface area (Å²) in [5, 5.41) is 4.21. The predicted molar refractivity (Wildman–Crippen MR) is 74.6 cm³/mol. The third-order valence-corrected chi connectivity index (χ3v) is 2.97. The number of Topliss-reactive ketones (excluding diaryl/α,β-unsaturated/α-hetero) is 2. The van der Waals surface area contributed by atoms with Crippen molar-refractivity contribution in [1.82, 2.24) is 10.3 Å². The molecule has 0 spiro atoms. The van der Waals surface area contributed by atoms with E-state index in [2.05, 4.69) is 15.3 Å². The maximum atomic E-state index is 12.0. The van der Waals surface area contributed by atoms with E-state index in [0.717, 1.165) is 17.9 Å². The molecule has 1 unspecified atom stereocenters. The van der Waals surface area contributed by atoms with Crippen molar-refractivity contribution in [3.63, 3.8) is 0 Å². The van der Waals surface area contributed by atoms with Gasteiger partial charge in [0.1, 0.15) is 13.2 Å². The number of rotatable bonds is 7. The molecule has 1 heterocycles. The molecule has 1 aliphatic heterocycles. The first-order valence-corrected chi connectivity index (χ1v) is 6.57. The summed E-state index contributed by atoms with van der Waals surface area (Å²) < 4.78 is 9.59. The molecule has 1 aliphatic carbocycles. The molecule has 9 nitrogen and oxygen atoms in total. The van der Waals surface area contributed by atoms with E-state index >= 15 is 0 Å². The quantitative estimate of drug-likeness (QED) is 0.545. The number of hydrogen-bond acceptors (Lipinski definition) is 9. The Balaban J connectivity index is 2.21. The lowest BCUT2D eigenvalue weighted by atomic mass is 10.3. The van der Waals surface area contributed by atoms with Gasteiger partial charge in [0.25, 0.3) is 0 Å². The average molecular weight is 297 g/mol. The molecule has 2 aliphatic rings. The van der Waals surface area contributed by atoms with Crippen LogP contribution >= 0.6 is 0 Å². The number of guanidine groups is 1. The van der Waals surface area contributed by atoms with Crippen LogP contribution in [-0.2, 0) is 19.1 Å². The molecule has 0 bridgehead atoms. The van der Waals surface area contributed by atoms with Gasteiger partial charge in [-0.05, 0) is 12.8 Å². The molecule has 2 rings (SSSR count). The third-order valence-electron chi connectivity index (χ3n) is 2.97. The molecule has 0 saturated heterocycles. The van der Waals surface area contributed by atoms with Crippen LogP contribution in [0.2, 0.25) is 0 Å². The number of aliphatic imine (C=N–C) groups is 2. The molecule has 116 valence electrons. The van der Waals surface area contributed by atoms with Crippen molar-refractivity contribution >= 4 is 23.4 Å². The normalized spacial score (nSPS) is 21.7. The summed E-state index contributed by atoms with van der Waals surface area (Å²) in [5.41, 5.74) is 0. The summed E-state index contributed by atoms with van der Waals surface area (Å²) in [6.45, 7) is -0.306. The van der Waals surface area contributed by atoms with E-state index in [1.807, 2.05) is 0 Å². The molecule has 0 aromatic rings. The SMILES string of the molecule is COCC(=O)C1=NC(C(=O)COC)N(N)C(NC2CC2)=N1. The fourth-order valence-electron chi connectivity index (χ4n) is 1.77. The molecular weight excluding hydrogens is 278 g/mol. The number of methoxy groups -OCH3 is 2. The zero-order valence-corrected chi connectivity index (χ0v) is 12.0. The molecule has 1 atom stereocenters. The van der Waals surface area contributed by atoms with Crippen LogP contribution in [0.15, 0.2) is 9.98 Å². The second-order valence-electron chi connectivity index (χ2n) is 4.84. The number of nitrogens with one attached hydrogen (secondary N) is 1. The van der Waals surface area contributed by atoms with Crippen molar-refractivity contribution in [2.75, 3.05) is 27.4 Å². The van der Waals surface area contributed by atoms with Gasteiger partial charge in [-0.15, -0.1) is 0 Å². The van der Waals surface area contributed by atoms with Crippen molar-refractivity contribution in [2.45, 2.75) is 25.0 Å². The molecule has 0 aromatic carbocycles. The zero-order chi connectivity index (χ0) is 15.4. The van der Waals surface area contributed by atoms with Gasteiger partial charge in [-0.25, -0.2) is 15.8 Å². The number of nitrogens with zero attached hydrogens (tertiary/aromatic N) is 3. The van der Waals surface area contributed by atoms with Crippen molar-refractivity contribution in [1.29, 1.82) is 0 Å². The van der Waals surface area contributed by atoms with Gasteiger partial charge in [0.2, 0.25) is 23.7 Å². The Morgan fingerprint density at radius 3 is 2.57 bits per heavy atom. The number of ketones is 2. The van der Waals surface area contributed by atoms with Crippen LogP contribution < -0.4 is 11.2 Å². The van der Waals surface area contributed by atoms with Gasteiger partial charge in [0, 0.05) is 20.3 Å². The maximum absolute atomic E-state index is 12.0. The van der Waals surface area contributed by atoms with Gasteiger partial charge in [-0.2, -0.15) is 4.99 Å². The third kappa shape index (κ3) is 3.84. The molecule has 21 heavy (non-hydrogen) atoms. The number of carbonyl (C=O) groups is 2. The van der Waals surface area contributed by atoms with Gasteiger partial charge in [-0.3, -0.25) is 9.59 Å². The lowest BCUT2D eigenvalue weighted by Crippen LogP contribution is -2.57.